The van der Waals surface area contributed by atoms with Gasteiger partial charge < -0.3 is 14.4 Å². The lowest BCUT2D eigenvalue weighted by Gasteiger charge is -2.30. The smallest absolute Gasteiger partial charge is 0.243 e. The van der Waals surface area contributed by atoms with Crippen molar-refractivity contribution < 1.29 is 22.7 Å². The Morgan fingerprint density at radius 2 is 1.88 bits per heavy atom. The summed E-state index contributed by atoms with van der Waals surface area (Å²) in [5.74, 6) is 0.876. The van der Waals surface area contributed by atoms with Crippen LogP contribution >= 0.6 is 0 Å². The molecule has 0 atom stereocenters. The van der Waals surface area contributed by atoms with Crippen LogP contribution in [-0.2, 0) is 14.8 Å². The number of carbonyl (C=O) groups excluding carboxylic acids is 1. The molecule has 0 radical (unpaired) electrons. The SMILES string of the molecule is COc1ccc(S(=O)(=O)N(C)CC(=O)N2CCOc3ccccc32)cc1. The Hall–Kier alpha value is -2.58. The second-order valence-electron chi connectivity index (χ2n) is 5.80. The summed E-state index contributed by atoms with van der Waals surface area (Å²) in [4.78, 5) is 14.4. The molecule has 0 saturated carbocycles. The van der Waals surface area contributed by atoms with Crippen LogP contribution in [0, 0.1) is 0 Å². The Morgan fingerprint density at radius 3 is 2.58 bits per heavy atom. The fraction of sp³-hybridized carbons (Fsp3) is 0.278. The quantitative estimate of drug-likeness (QED) is 0.795. The van der Waals surface area contributed by atoms with Crippen LogP contribution in [0.5, 0.6) is 11.5 Å². The van der Waals surface area contributed by atoms with E-state index in [1.54, 1.807) is 29.2 Å². The van der Waals surface area contributed by atoms with Gasteiger partial charge in [0.2, 0.25) is 15.9 Å². The fourth-order valence-electron chi connectivity index (χ4n) is 2.72. The number of hydrogen-bond acceptors (Lipinski definition) is 5. The molecule has 138 valence electrons. The van der Waals surface area contributed by atoms with Crippen molar-refractivity contribution in [2.45, 2.75) is 4.90 Å². The summed E-state index contributed by atoms with van der Waals surface area (Å²) < 4.78 is 37.0. The summed E-state index contributed by atoms with van der Waals surface area (Å²) >= 11 is 0. The van der Waals surface area contributed by atoms with Crippen molar-refractivity contribution in [1.29, 1.82) is 0 Å². The van der Waals surface area contributed by atoms with Crippen molar-refractivity contribution in [3.8, 4) is 11.5 Å². The molecular weight excluding hydrogens is 356 g/mol. The summed E-state index contributed by atoms with van der Waals surface area (Å²) in [6.45, 7) is 0.493. The van der Waals surface area contributed by atoms with Crippen LogP contribution in [0.4, 0.5) is 5.69 Å². The lowest BCUT2D eigenvalue weighted by Crippen LogP contribution is -2.44. The normalized spacial score (nSPS) is 13.9. The summed E-state index contributed by atoms with van der Waals surface area (Å²) in [6, 6.07) is 13.3. The predicted molar refractivity (Wildman–Crippen MR) is 97.1 cm³/mol. The van der Waals surface area contributed by atoms with Crippen LogP contribution < -0.4 is 14.4 Å². The summed E-state index contributed by atoms with van der Waals surface area (Å²) in [6.07, 6.45) is 0. The number of hydrogen-bond donors (Lipinski definition) is 0. The van der Waals surface area contributed by atoms with E-state index in [9.17, 15) is 13.2 Å². The average molecular weight is 376 g/mol. The van der Waals surface area contributed by atoms with E-state index >= 15 is 0 Å². The molecule has 0 aromatic heterocycles. The molecule has 1 heterocycles. The van der Waals surface area contributed by atoms with Crippen LogP contribution in [0.3, 0.4) is 0 Å². The summed E-state index contributed by atoms with van der Waals surface area (Å²) in [5.41, 5.74) is 0.652. The zero-order valence-electron chi connectivity index (χ0n) is 14.6. The molecule has 8 heteroatoms. The van der Waals surface area contributed by atoms with E-state index in [1.807, 2.05) is 12.1 Å². The number of carbonyl (C=O) groups is 1. The molecule has 1 aliphatic rings. The molecule has 0 saturated heterocycles. The van der Waals surface area contributed by atoms with Gasteiger partial charge in [-0.1, -0.05) is 12.1 Å². The average Bonchev–Trinajstić information content (AvgIpc) is 2.67. The number of benzene rings is 2. The van der Waals surface area contributed by atoms with Crippen LogP contribution in [0.25, 0.3) is 0 Å². The molecule has 1 amide bonds. The number of sulfonamides is 1. The summed E-state index contributed by atoms with van der Waals surface area (Å²) in [7, 11) is -0.875. The maximum atomic E-state index is 12.7. The molecular formula is C18H20N2O5S. The first-order chi connectivity index (χ1) is 12.4. The number of methoxy groups -OCH3 is 1. The number of nitrogens with zero attached hydrogens (tertiary/aromatic N) is 2. The highest BCUT2D eigenvalue weighted by atomic mass is 32.2. The minimum atomic E-state index is -3.78. The molecule has 0 N–H and O–H groups in total. The predicted octanol–water partition coefficient (Wildman–Crippen LogP) is 1.74. The van der Waals surface area contributed by atoms with Gasteiger partial charge in [-0.25, -0.2) is 8.42 Å². The first-order valence-electron chi connectivity index (χ1n) is 8.06. The van der Waals surface area contributed by atoms with Gasteiger partial charge in [-0.05, 0) is 36.4 Å². The Bertz CT molecular complexity index is 896. The number of para-hydroxylation sites is 2. The van der Waals surface area contributed by atoms with Gasteiger partial charge in [-0.3, -0.25) is 4.79 Å². The molecule has 0 spiro atoms. The van der Waals surface area contributed by atoms with E-state index in [0.717, 1.165) is 4.31 Å². The first kappa shape index (κ1) is 18.2. The molecule has 26 heavy (non-hydrogen) atoms. The minimum absolute atomic E-state index is 0.107. The monoisotopic (exact) mass is 376 g/mol. The van der Waals surface area contributed by atoms with Crippen molar-refractivity contribution in [3.63, 3.8) is 0 Å². The number of likely N-dealkylation sites (N-methyl/N-ethyl adjacent to an activating group) is 1. The lowest BCUT2D eigenvalue weighted by atomic mass is 10.2. The molecule has 0 bridgehead atoms. The largest absolute Gasteiger partial charge is 0.497 e. The van der Waals surface area contributed by atoms with E-state index in [1.165, 1.54) is 26.3 Å². The third-order valence-electron chi connectivity index (χ3n) is 4.16. The number of fused-ring (bicyclic) bond motifs is 1. The van der Waals surface area contributed by atoms with Crippen LogP contribution in [0.2, 0.25) is 0 Å². The van der Waals surface area contributed by atoms with Gasteiger partial charge in [0.1, 0.15) is 18.1 Å². The van der Waals surface area contributed by atoms with Crippen molar-refractivity contribution >= 4 is 21.6 Å². The number of amides is 1. The first-order valence-corrected chi connectivity index (χ1v) is 9.50. The van der Waals surface area contributed by atoms with Crippen molar-refractivity contribution in [1.82, 2.24) is 4.31 Å². The van der Waals surface area contributed by atoms with Crippen molar-refractivity contribution in [2.24, 2.45) is 0 Å². The third kappa shape index (κ3) is 3.51. The van der Waals surface area contributed by atoms with E-state index in [2.05, 4.69) is 0 Å². The number of rotatable bonds is 5. The Morgan fingerprint density at radius 1 is 1.19 bits per heavy atom. The number of ether oxygens (including phenoxy) is 2. The highest BCUT2D eigenvalue weighted by molar-refractivity contribution is 7.89. The minimum Gasteiger partial charge on any atom is -0.497 e. The van der Waals surface area contributed by atoms with E-state index < -0.39 is 10.0 Å². The zero-order chi connectivity index (χ0) is 18.7. The van der Waals surface area contributed by atoms with Gasteiger partial charge in [0.15, 0.2) is 0 Å². The highest BCUT2D eigenvalue weighted by Crippen LogP contribution is 2.31. The van der Waals surface area contributed by atoms with Gasteiger partial charge in [0, 0.05) is 7.05 Å². The van der Waals surface area contributed by atoms with Crippen LogP contribution in [0.1, 0.15) is 0 Å². The Kier molecular flexibility index (Phi) is 5.15. The topological polar surface area (TPSA) is 76.2 Å². The second-order valence-corrected chi connectivity index (χ2v) is 7.84. The van der Waals surface area contributed by atoms with Crippen LogP contribution in [0.15, 0.2) is 53.4 Å². The molecule has 2 aromatic carbocycles. The van der Waals surface area contributed by atoms with Gasteiger partial charge in [-0.2, -0.15) is 4.31 Å². The fourth-order valence-corrected chi connectivity index (χ4v) is 3.84. The molecule has 7 nitrogen and oxygen atoms in total. The maximum absolute atomic E-state index is 12.7. The van der Waals surface area contributed by atoms with Crippen LogP contribution in [-0.4, -0.2) is 52.5 Å². The van der Waals surface area contributed by atoms with E-state index in [0.29, 0.717) is 30.3 Å². The lowest BCUT2D eigenvalue weighted by molar-refractivity contribution is -0.118. The van der Waals surface area contributed by atoms with Gasteiger partial charge >= 0.3 is 0 Å². The maximum Gasteiger partial charge on any atom is 0.243 e. The Balaban J connectivity index is 1.77. The van der Waals surface area contributed by atoms with E-state index in [4.69, 9.17) is 9.47 Å². The molecule has 0 fully saturated rings. The zero-order valence-corrected chi connectivity index (χ0v) is 15.4. The third-order valence-corrected chi connectivity index (χ3v) is 5.97. The van der Waals surface area contributed by atoms with E-state index in [-0.39, 0.29) is 17.3 Å². The van der Waals surface area contributed by atoms with Gasteiger partial charge in [-0.15, -0.1) is 0 Å². The standard InChI is InChI=1S/C18H20N2O5S/c1-19(26(22,23)15-9-7-14(24-2)8-10-15)13-18(21)20-11-12-25-17-6-4-3-5-16(17)20/h3-10H,11-13H2,1-2H3. The van der Waals surface area contributed by atoms with Gasteiger partial charge in [0.05, 0.1) is 30.8 Å². The molecule has 1 aliphatic heterocycles. The highest BCUT2D eigenvalue weighted by Gasteiger charge is 2.28. The molecule has 0 unspecified atom stereocenters. The van der Waals surface area contributed by atoms with Crippen molar-refractivity contribution in [3.05, 3.63) is 48.5 Å². The molecule has 3 rings (SSSR count). The molecule has 2 aromatic rings. The summed E-state index contributed by atoms with van der Waals surface area (Å²) in [5, 5.41) is 0. The van der Waals surface area contributed by atoms with Crippen molar-refractivity contribution in [2.75, 3.05) is 38.8 Å². The Labute approximate surface area is 152 Å². The second kappa shape index (κ2) is 7.35. The number of anilines is 1. The van der Waals surface area contributed by atoms with Gasteiger partial charge in [0.25, 0.3) is 0 Å². The molecule has 0 aliphatic carbocycles.